The van der Waals surface area contributed by atoms with Crippen molar-refractivity contribution in [3.05, 3.63) is 12.7 Å². The van der Waals surface area contributed by atoms with Gasteiger partial charge in [-0.2, -0.15) is 0 Å². The molecule has 0 aromatic heterocycles. The normalized spacial score (nSPS) is 37.6. The fraction of sp³-hybridized carbons (Fsp3) is 0.667. The lowest BCUT2D eigenvalue weighted by atomic mass is 10.2. The monoisotopic (exact) mass is 114 g/mol. The molecular weight excluding hydrogens is 104 g/mol. The van der Waals surface area contributed by atoms with Crippen molar-refractivity contribution in [3.63, 3.8) is 0 Å². The SMILES string of the molecule is C=C[C@@H]1OCC[C@H]1O. The average molecular weight is 114 g/mol. The van der Waals surface area contributed by atoms with E-state index in [1.54, 1.807) is 6.08 Å². The molecule has 0 bridgehead atoms. The molecule has 0 aromatic carbocycles. The second-order valence-corrected chi connectivity index (χ2v) is 1.93. The minimum atomic E-state index is -0.313. The van der Waals surface area contributed by atoms with Crippen LogP contribution in [-0.2, 0) is 4.74 Å². The third kappa shape index (κ3) is 0.904. The van der Waals surface area contributed by atoms with Gasteiger partial charge >= 0.3 is 0 Å². The largest absolute Gasteiger partial charge is 0.390 e. The van der Waals surface area contributed by atoms with Gasteiger partial charge in [-0.25, -0.2) is 0 Å². The van der Waals surface area contributed by atoms with Crippen molar-refractivity contribution in [2.75, 3.05) is 6.61 Å². The summed E-state index contributed by atoms with van der Waals surface area (Å²) in [7, 11) is 0. The minimum Gasteiger partial charge on any atom is -0.390 e. The molecular formula is C6H10O2. The van der Waals surface area contributed by atoms with Gasteiger partial charge in [0.15, 0.2) is 0 Å². The molecule has 1 aliphatic heterocycles. The van der Waals surface area contributed by atoms with E-state index in [-0.39, 0.29) is 12.2 Å². The maximum Gasteiger partial charge on any atom is 0.101 e. The predicted octanol–water partition coefficient (Wildman–Crippen LogP) is 0.322. The van der Waals surface area contributed by atoms with Crippen LogP contribution in [0.15, 0.2) is 12.7 Å². The maximum absolute atomic E-state index is 8.99. The van der Waals surface area contributed by atoms with E-state index in [4.69, 9.17) is 9.84 Å². The summed E-state index contributed by atoms with van der Waals surface area (Å²) >= 11 is 0. The van der Waals surface area contributed by atoms with E-state index >= 15 is 0 Å². The molecule has 1 aliphatic rings. The topological polar surface area (TPSA) is 29.5 Å². The summed E-state index contributed by atoms with van der Waals surface area (Å²) < 4.78 is 5.05. The van der Waals surface area contributed by atoms with Gasteiger partial charge in [-0.3, -0.25) is 0 Å². The lowest BCUT2D eigenvalue weighted by Gasteiger charge is -2.05. The molecule has 0 saturated carbocycles. The smallest absolute Gasteiger partial charge is 0.101 e. The molecule has 0 unspecified atom stereocenters. The van der Waals surface area contributed by atoms with Crippen molar-refractivity contribution in [1.82, 2.24) is 0 Å². The zero-order valence-electron chi connectivity index (χ0n) is 4.71. The molecule has 2 nitrogen and oxygen atoms in total. The molecule has 1 N–H and O–H groups in total. The second-order valence-electron chi connectivity index (χ2n) is 1.93. The Balaban J connectivity index is 2.41. The van der Waals surface area contributed by atoms with Crippen LogP contribution in [0.2, 0.25) is 0 Å². The number of aliphatic hydroxyl groups excluding tert-OH is 1. The summed E-state index contributed by atoms with van der Waals surface area (Å²) in [5, 5.41) is 8.99. The number of ether oxygens (including phenoxy) is 1. The fourth-order valence-corrected chi connectivity index (χ4v) is 0.825. The van der Waals surface area contributed by atoms with Gasteiger partial charge in [-0.05, 0) is 6.42 Å². The number of hydrogen-bond acceptors (Lipinski definition) is 2. The van der Waals surface area contributed by atoms with Crippen LogP contribution in [0, 0.1) is 0 Å². The summed E-state index contributed by atoms with van der Waals surface area (Å²) in [6.45, 7) is 4.17. The van der Waals surface area contributed by atoms with Crippen molar-refractivity contribution in [3.8, 4) is 0 Å². The van der Waals surface area contributed by atoms with E-state index in [0.29, 0.717) is 6.61 Å². The molecule has 0 aliphatic carbocycles. The van der Waals surface area contributed by atoms with Crippen LogP contribution in [0.5, 0.6) is 0 Å². The van der Waals surface area contributed by atoms with Gasteiger partial charge in [0.2, 0.25) is 0 Å². The van der Waals surface area contributed by atoms with Gasteiger partial charge in [0, 0.05) is 0 Å². The van der Waals surface area contributed by atoms with Crippen LogP contribution in [0.1, 0.15) is 6.42 Å². The summed E-state index contributed by atoms with van der Waals surface area (Å²) in [6, 6.07) is 0. The Morgan fingerprint density at radius 2 is 2.50 bits per heavy atom. The molecule has 0 aromatic rings. The quantitative estimate of drug-likeness (QED) is 0.497. The molecule has 0 amide bonds. The van der Waals surface area contributed by atoms with Gasteiger partial charge < -0.3 is 9.84 Å². The van der Waals surface area contributed by atoms with Crippen molar-refractivity contribution < 1.29 is 9.84 Å². The van der Waals surface area contributed by atoms with Crippen molar-refractivity contribution in [1.29, 1.82) is 0 Å². The Bertz CT molecular complexity index is 90.5. The lowest BCUT2D eigenvalue weighted by molar-refractivity contribution is 0.0751. The van der Waals surface area contributed by atoms with Gasteiger partial charge in [-0.1, -0.05) is 6.08 Å². The molecule has 2 atom stereocenters. The van der Waals surface area contributed by atoms with Crippen LogP contribution in [0.3, 0.4) is 0 Å². The van der Waals surface area contributed by atoms with E-state index in [0.717, 1.165) is 6.42 Å². The van der Waals surface area contributed by atoms with Crippen molar-refractivity contribution in [2.24, 2.45) is 0 Å². The van der Waals surface area contributed by atoms with Crippen LogP contribution in [0.4, 0.5) is 0 Å². The fourth-order valence-electron chi connectivity index (χ4n) is 0.825. The van der Waals surface area contributed by atoms with E-state index in [1.807, 2.05) is 0 Å². The number of rotatable bonds is 1. The second kappa shape index (κ2) is 2.29. The zero-order valence-corrected chi connectivity index (χ0v) is 4.71. The van der Waals surface area contributed by atoms with Crippen LogP contribution in [0.25, 0.3) is 0 Å². The summed E-state index contributed by atoms with van der Waals surface area (Å²) in [5.74, 6) is 0. The van der Waals surface area contributed by atoms with Gasteiger partial charge in [-0.15, -0.1) is 6.58 Å². The first-order chi connectivity index (χ1) is 3.84. The van der Waals surface area contributed by atoms with E-state index in [9.17, 15) is 0 Å². The molecule has 0 radical (unpaired) electrons. The Morgan fingerprint density at radius 1 is 1.75 bits per heavy atom. The van der Waals surface area contributed by atoms with E-state index in [1.165, 1.54) is 0 Å². The van der Waals surface area contributed by atoms with E-state index in [2.05, 4.69) is 6.58 Å². The highest BCUT2D eigenvalue weighted by Gasteiger charge is 2.22. The first-order valence-electron chi connectivity index (χ1n) is 2.77. The predicted molar refractivity (Wildman–Crippen MR) is 30.6 cm³/mol. The molecule has 0 spiro atoms. The number of aliphatic hydroxyl groups is 1. The van der Waals surface area contributed by atoms with Gasteiger partial charge in [0.25, 0.3) is 0 Å². The minimum absolute atomic E-state index is 0.116. The molecule has 1 heterocycles. The third-order valence-electron chi connectivity index (χ3n) is 1.34. The van der Waals surface area contributed by atoms with E-state index < -0.39 is 0 Å². The van der Waals surface area contributed by atoms with Crippen LogP contribution < -0.4 is 0 Å². The van der Waals surface area contributed by atoms with Crippen LogP contribution >= 0.6 is 0 Å². The molecule has 1 rings (SSSR count). The van der Waals surface area contributed by atoms with Crippen molar-refractivity contribution in [2.45, 2.75) is 18.6 Å². The lowest BCUT2D eigenvalue weighted by Crippen LogP contribution is -2.16. The zero-order chi connectivity index (χ0) is 5.98. The Kier molecular flexibility index (Phi) is 1.65. The van der Waals surface area contributed by atoms with Crippen molar-refractivity contribution >= 4 is 0 Å². The highest BCUT2D eigenvalue weighted by atomic mass is 16.5. The number of hydrogen-bond donors (Lipinski definition) is 1. The van der Waals surface area contributed by atoms with Gasteiger partial charge in [0.05, 0.1) is 12.7 Å². The molecule has 8 heavy (non-hydrogen) atoms. The molecule has 1 fully saturated rings. The first kappa shape index (κ1) is 5.79. The molecule has 1 saturated heterocycles. The Hall–Kier alpha value is -0.340. The first-order valence-corrected chi connectivity index (χ1v) is 2.77. The highest BCUT2D eigenvalue weighted by Crippen LogP contribution is 2.12. The highest BCUT2D eigenvalue weighted by molar-refractivity contribution is 4.89. The van der Waals surface area contributed by atoms with Crippen LogP contribution in [-0.4, -0.2) is 23.9 Å². The third-order valence-corrected chi connectivity index (χ3v) is 1.34. The average Bonchev–Trinajstić information content (AvgIpc) is 2.14. The standard InChI is InChI=1S/C6H10O2/c1-2-6-5(7)3-4-8-6/h2,5-7H,1,3-4H2/t5-,6+/m1/s1. The summed E-state index contributed by atoms with van der Waals surface area (Å²) in [5.41, 5.74) is 0. The van der Waals surface area contributed by atoms with Gasteiger partial charge in [0.1, 0.15) is 6.10 Å². The summed E-state index contributed by atoms with van der Waals surface area (Å²) in [4.78, 5) is 0. The molecule has 2 heteroatoms. The molecule has 46 valence electrons. The Labute approximate surface area is 48.8 Å². The Morgan fingerprint density at radius 3 is 2.75 bits per heavy atom. The maximum atomic E-state index is 8.99. The summed E-state index contributed by atoms with van der Waals surface area (Å²) in [6.07, 6.45) is 1.96.